The molecule has 0 saturated carbocycles. The maximum Gasteiger partial charge on any atom is 0.305 e. The maximum absolute atomic E-state index is 11.9. The number of rotatable bonds is 19. The van der Waals surface area contributed by atoms with Crippen LogP contribution in [0.15, 0.2) is 0 Å². The van der Waals surface area contributed by atoms with Gasteiger partial charge in [-0.2, -0.15) is 0 Å². The molecule has 0 rings (SSSR count). The van der Waals surface area contributed by atoms with E-state index in [2.05, 4.69) is 27.7 Å². The van der Waals surface area contributed by atoms with Gasteiger partial charge in [-0.15, -0.1) is 0 Å². The predicted molar refractivity (Wildman–Crippen MR) is 116 cm³/mol. The summed E-state index contributed by atoms with van der Waals surface area (Å²) in [5.41, 5.74) is 0. The molecular formula is C24H46O4. The number of carbonyl (C=O) groups is 2. The van der Waals surface area contributed by atoms with Gasteiger partial charge >= 0.3 is 11.9 Å². The van der Waals surface area contributed by atoms with Gasteiger partial charge in [0.05, 0.1) is 13.2 Å². The number of hydrogen-bond acceptors (Lipinski definition) is 4. The lowest BCUT2D eigenvalue weighted by molar-refractivity contribution is -0.147. The zero-order chi connectivity index (χ0) is 21.0. The summed E-state index contributed by atoms with van der Waals surface area (Å²) in [5, 5.41) is 0. The number of esters is 2. The molecule has 2 unspecified atom stereocenters. The van der Waals surface area contributed by atoms with E-state index in [1.165, 1.54) is 25.7 Å². The van der Waals surface area contributed by atoms with Crippen LogP contribution in [0.3, 0.4) is 0 Å². The molecule has 0 amide bonds. The Morgan fingerprint density at radius 1 is 0.571 bits per heavy atom. The smallest absolute Gasteiger partial charge is 0.305 e. The molecule has 0 aliphatic rings. The van der Waals surface area contributed by atoms with E-state index >= 15 is 0 Å². The zero-order valence-electron chi connectivity index (χ0n) is 19.1. The molecule has 4 nitrogen and oxygen atoms in total. The maximum atomic E-state index is 11.9. The Morgan fingerprint density at radius 2 is 0.964 bits per heavy atom. The minimum Gasteiger partial charge on any atom is -0.465 e. The molecule has 28 heavy (non-hydrogen) atoms. The van der Waals surface area contributed by atoms with Crippen LogP contribution in [0.2, 0.25) is 0 Å². The molecule has 2 atom stereocenters. The molecule has 0 saturated heterocycles. The molecule has 0 radical (unpaired) electrons. The molecule has 0 N–H and O–H groups in total. The summed E-state index contributed by atoms with van der Waals surface area (Å²) >= 11 is 0. The van der Waals surface area contributed by atoms with Crippen molar-refractivity contribution >= 4 is 11.9 Å². The highest BCUT2D eigenvalue weighted by Gasteiger charge is 2.13. The first-order valence-corrected chi connectivity index (χ1v) is 11.9. The van der Waals surface area contributed by atoms with Crippen LogP contribution in [0.5, 0.6) is 0 Å². The summed E-state index contributed by atoms with van der Waals surface area (Å²) in [6.07, 6.45) is 13.7. The fraction of sp³-hybridized carbons (Fsp3) is 0.917. The second-order valence-electron chi connectivity index (χ2n) is 8.17. The SMILES string of the molecule is CCCCC(CCC)COC(=O)CCCCC(=O)OCC(CCC)CCCC. The summed E-state index contributed by atoms with van der Waals surface area (Å²) in [6.45, 7) is 9.82. The average molecular weight is 399 g/mol. The van der Waals surface area contributed by atoms with Crippen molar-refractivity contribution in [2.45, 2.75) is 118 Å². The van der Waals surface area contributed by atoms with Gasteiger partial charge in [-0.3, -0.25) is 9.59 Å². The van der Waals surface area contributed by atoms with E-state index < -0.39 is 0 Å². The Balaban J connectivity index is 3.85. The van der Waals surface area contributed by atoms with Crippen molar-refractivity contribution in [1.82, 2.24) is 0 Å². The van der Waals surface area contributed by atoms with Gasteiger partial charge in [-0.25, -0.2) is 0 Å². The third-order valence-corrected chi connectivity index (χ3v) is 5.30. The second kappa shape index (κ2) is 19.3. The van der Waals surface area contributed by atoms with Crippen molar-refractivity contribution in [1.29, 1.82) is 0 Å². The lowest BCUT2D eigenvalue weighted by Gasteiger charge is -2.16. The van der Waals surface area contributed by atoms with Gasteiger partial charge in [0.2, 0.25) is 0 Å². The van der Waals surface area contributed by atoms with Crippen molar-refractivity contribution in [3.8, 4) is 0 Å². The molecule has 4 heteroatoms. The quantitative estimate of drug-likeness (QED) is 0.176. The van der Waals surface area contributed by atoms with E-state index in [1.807, 2.05) is 0 Å². The Bertz CT molecular complexity index is 345. The van der Waals surface area contributed by atoms with Crippen molar-refractivity contribution in [3.05, 3.63) is 0 Å². The van der Waals surface area contributed by atoms with Gasteiger partial charge in [-0.05, 0) is 50.4 Å². The predicted octanol–water partition coefficient (Wildman–Crippen LogP) is 6.85. The topological polar surface area (TPSA) is 52.6 Å². The van der Waals surface area contributed by atoms with Crippen molar-refractivity contribution in [2.75, 3.05) is 13.2 Å². The van der Waals surface area contributed by atoms with Gasteiger partial charge in [-0.1, -0.05) is 66.2 Å². The summed E-state index contributed by atoms with van der Waals surface area (Å²) in [5.74, 6) is 0.724. The summed E-state index contributed by atoms with van der Waals surface area (Å²) in [6, 6.07) is 0. The highest BCUT2D eigenvalue weighted by Crippen LogP contribution is 2.17. The van der Waals surface area contributed by atoms with Gasteiger partial charge in [0.1, 0.15) is 0 Å². The second-order valence-corrected chi connectivity index (χ2v) is 8.17. The number of carbonyl (C=O) groups excluding carboxylic acids is 2. The number of ether oxygens (including phenoxy) is 2. The molecule has 0 fully saturated rings. The Morgan fingerprint density at radius 3 is 1.29 bits per heavy atom. The van der Waals surface area contributed by atoms with Gasteiger partial charge < -0.3 is 9.47 Å². The first-order chi connectivity index (χ1) is 13.6. The van der Waals surface area contributed by atoms with Crippen LogP contribution in [0, 0.1) is 11.8 Å². The Kier molecular flexibility index (Phi) is 18.5. The van der Waals surface area contributed by atoms with Gasteiger partial charge in [0, 0.05) is 12.8 Å². The van der Waals surface area contributed by atoms with E-state index in [9.17, 15) is 9.59 Å². The first kappa shape index (κ1) is 26.9. The van der Waals surface area contributed by atoms with Crippen LogP contribution in [0.25, 0.3) is 0 Å². The standard InChI is InChI=1S/C24H46O4/c1-5-9-15-21(13-7-3)19-27-23(25)17-11-12-18-24(26)28-20-22(14-8-4)16-10-6-2/h21-22H,5-20H2,1-4H3. The van der Waals surface area contributed by atoms with Crippen molar-refractivity contribution in [3.63, 3.8) is 0 Å². The van der Waals surface area contributed by atoms with Crippen LogP contribution < -0.4 is 0 Å². The van der Waals surface area contributed by atoms with Crippen LogP contribution in [-0.4, -0.2) is 25.2 Å². The molecular weight excluding hydrogens is 352 g/mol. The molecule has 0 aromatic rings. The zero-order valence-corrected chi connectivity index (χ0v) is 19.1. The first-order valence-electron chi connectivity index (χ1n) is 11.9. The van der Waals surface area contributed by atoms with Crippen molar-refractivity contribution < 1.29 is 19.1 Å². The Hall–Kier alpha value is -1.06. The summed E-state index contributed by atoms with van der Waals surface area (Å²) in [7, 11) is 0. The van der Waals surface area contributed by atoms with E-state index in [4.69, 9.17) is 9.47 Å². The average Bonchev–Trinajstić information content (AvgIpc) is 2.69. The Labute approximate surface area is 174 Å². The fourth-order valence-corrected chi connectivity index (χ4v) is 3.53. The molecule has 0 aromatic carbocycles. The normalized spacial score (nSPS) is 13.1. The summed E-state index contributed by atoms with van der Waals surface area (Å²) in [4.78, 5) is 23.8. The molecule has 0 aliphatic heterocycles. The van der Waals surface area contributed by atoms with E-state index in [-0.39, 0.29) is 11.9 Å². The highest BCUT2D eigenvalue weighted by atomic mass is 16.5. The molecule has 0 aromatic heterocycles. The van der Waals surface area contributed by atoms with Crippen LogP contribution in [0.1, 0.15) is 118 Å². The molecule has 0 heterocycles. The van der Waals surface area contributed by atoms with E-state index in [0.717, 1.165) is 38.5 Å². The fourth-order valence-electron chi connectivity index (χ4n) is 3.53. The van der Waals surface area contributed by atoms with Crippen LogP contribution in [0.4, 0.5) is 0 Å². The van der Waals surface area contributed by atoms with Gasteiger partial charge in [0.25, 0.3) is 0 Å². The lowest BCUT2D eigenvalue weighted by atomic mass is 9.98. The van der Waals surface area contributed by atoms with Gasteiger partial charge in [0.15, 0.2) is 0 Å². The number of unbranched alkanes of at least 4 members (excludes halogenated alkanes) is 3. The lowest BCUT2D eigenvalue weighted by Crippen LogP contribution is -2.15. The third kappa shape index (κ3) is 15.9. The van der Waals surface area contributed by atoms with Crippen LogP contribution >= 0.6 is 0 Å². The highest BCUT2D eigenvalue weighted by molar-refractivity contribution is 5.70. The number of hydrogen-bond donors (Lipinski definition) is 0. The minimum absolute atomic E-state index is 0.131. The largest absolute Gasteiger partial charge is 0.465 e. The molecule has 0 aliphatic carbocycles. The molecule has 166 valence electrons. The van der Waals surface area contributed by atoms with E-state index in [0.29, 0.717) is 50.7 Å². The summed E-state index contributed by atoms with van der Waals surface area (Å²) < 4.78 is 10.9. The van der Waals surface area contributed by atoms with E-state index in [1.54, 1.807) is 0 Å². The minimum atomic E-state index is -0.131. The molecule has 0 bridgehead atoms. The van der Waals surface area contributed by atoms with Crippen LogP contribution in [-0.2, 0) is 19.1 Å². The monoisotopic (exact) mass is 398 g/mol. The molecule has 0 spiro atoms. The third-order valence-electron chi connectivity index (χ3n) is 5.30. The van der Waals surface area contributed by atoms with Crippen molar-refractivity contribution in [2.24, 2.45) is 11.8 Å².